The van der Waals surface area contributed by atoms with E-state index < -0.39 is 11.8 Å². The van der Waals surface area contributed by atoms with E-state index in [-0.39, 0.29) is 0 Å². The minimum absolute atomic E-state index is 0.321. The van der Waals surface area contributed by atoms with Crippen molar-refractivity contribution in [3.8, 4) is 0 Å². The number of carbonyl (C=O) groups excluding carboxylic acids is 1. The first kappa shape index (κ1) is 9.58. The molecule has 0 atom stereocenters. The van der Waals surface area contributed by atoms with Crippen LogP contribution < -0.4 is 0 Å². The van der Waals surface area contributed by atoms with E-state index in [0.717, 1.165) is 6.20 Å². The number of esters is 1. The zero-order valence-electron chi connectivity index (χ0n) is 8.03. The molecule has 76 valence electrons. The molecule has 0 saturated heterocycles. The summed E-state index contributed by atoms with van der Waals surface area (Å²) in [5.74, 6) is -0.966. The third-order valence-electron chi connectivity index (χ3n) is 2.10. The van der Waals surface area contributed by atoms with Crippen LogP contribution in [0.1, 0.15) is 10.4 Å². The Morgan fingerprint density at radius 1 is 1.47 bits per heavy atom. The number of halogens is 1. The molecule has 0 N–H and O–H groups in total. The second-order valence-corrected chi connectivity index (χ2v) is 3.02. The van der Waals surface area contributed by atoms with Gasteiger partial charge in [-0.3, -0.25) is 4.98 Å². The zero-order chi connectivity index (χ0) is 10.8. The van der Waals surface area contributed by atoms with Gasteiger partial charge in [0.25, 0.3) is 0 Å². The van der Waals surface area contributed by atoms with Crippen molar-refractivity contribution in [2.24, 2.45) is 0 Å². The van der Waals surface area contributed by atoms with Crippen molar-refractivity contribution in [2.45, 2.75) is 0 Å². The molecule has 4 heteroatoms. The summed E-state index contributed by atoms with van der Waals surface area (Å²) in [4.78, 5) is 15.2. The van der Waals surface area contributed by atoms with Gasteiger partial charge in [-0.15, -0.1) is 0 Å². The maximum atomic E-state index is 13.0. The molecule has 0 bridgehead atoms. The third kappa shape index (κ3) is 1.66. The second-order valence-electron chi connectivity index (χ2n) is 3.02. The van der Waals surface area contributed by atoms with E-state index in [1.807, 2.05) is 0 Å². The number of carbonyl (C=O) groups is 1. The molecular weight excluding hydrogens is 197 g/mol. The van der Waals surface area contributed by atoms with Crippen LogP contribution >= 0.6 is 0 Å². The van der Waals surface area contributed by atoms with Gasteiger partial charge in [0, 0.05) is 5.39 Å². The van der Waals surface area contributed by atoms with Crippen LogP contribution in [0, 0.1) is 5.82 Å². The smallest absolute Gasteiger partial charge is 0.338 e. The van der Waals surface area contributed by atoms with E-state index in [2.05, 4.69) is 9.72 Å². The summed E-state index contributed by atoms with van der Waals surface area (Å²) in [5, 5.41) is 0.462. The predicted octanol–water partition coefficient (Wildman–Crippen LogP) is 2.16. The van der Waals surface area contributed by atoms with Gasteiger partial charge in [0.1, 0.15) is 5.82 Å². The van der Waals surface area contributed by atoms with Crippen LogP contribution in [0.3, 0.4) is 0 Å². The molecule has 0 amide bonds. The Labute approximate surface area is 85.5 Å². The minimum atomic E-state index is -0.493. The Hall–Kier alpha value is -1.97. The van der Waals surface area contributed by atoms with Crippen LogP contribution in [0.2, 0.25) is 0 Å². The Morgan fingerprint density at radius 2 is 2.27 bits per heavy atom. The summed E-state index contributed by atoms with van der Waals surface area (Å²) in [7, 11) is 1.29. The zero-order valence-corrected chi connectivity index (χ0v) is 8.03. The second kappa shape index (κ2) is 3.65. The molecule has 0 unspecified atom stereocenters. The Bertz CT molecular complexity index is 525. The normalized spacial score (nSPS) is 10.3. The van der Waals surface area contributed by atoms with Gasteiger partial charge in [-0.1, -0.05) is 6.07 Å². The lowest BCUT2D eigenvalue weighted by atomic mass is 10.1. The van der Waals surface area contributed by atoms with Crippen molar-refractivity contribution in [2.75, 3.05) is 7.11 Å². The highest BCUT2D eigenvalue weighted by Crippen LogP contribution is 2.18. The summed E-state index contributed by atoms with van der Waals surface area (Å²) in [5.41, 5.74) is 0.890. The number of rotatable bonds is 1. The van der Waals surface area contributed by atoms with E-state index in [0.29, 0.717) is 16.5 Å². The highest BCUT2D eigenvalue weighted by Gasteiger charge is 2.10. The molecule has 0 aliphatic carbocycles. The van der Waals surface area contributed by atoms with Crippen molar-refractivity contribution in [3.63, 3.8) is 0 Å². The van der Waals surface area contributed by atoms with Crippen LogP contribution in [0.25, 0.3) is 10.9 Å². The van der Waals surface area contributed by atoms with E-state index >= 15 is 0 Å². The van der Waals surface area contributed by atoms with Gasteiger partial charge >= 0.3 is 5.97 Å². The number of methoxy groups -OCH3 is 1. The monoisotopic (exact) mass is 205 g/mol. The highest BCUT2D eigenvalue weighted by atomic mass is 19.1. The lowest BCUT2D eigenvalue weighted by molar-refractivity contribution is 0.0603. The topological polar surface area (TPSA) is 39.2 Å². The molecule has 0 saturated carbocycles. The molecule has 1 aromatic carbocycles. The van der Waals surface area contributed by atoms with Crippen LogP contribution in [0.15, 0.2) is 30.5 Å². The molecule has 0 radical (unpaired) electrons. The molecule has 15 heavy (non-hydrogen) atoms. The van der Waals surface area contributed by atoms with Crippen LogP contribution in [-0.2, 0) is 4.74 Å². The molecule has 3 nitrogen and oxygen atoms in total. The van der Waals surface area contributed by atoms with Gasteiger partial charge in [-0.05, 0) is 18.2 Å². The standard InChI is InChI=1S/C11H8FNO2/c1-15-11(14)8-3-2-4-10-9(8)5-7(12)6-13-10/h2-6H,1H3. The fourth-order valence-corrected chi connectivity index (χ4v) is 1.41. The summed E-state index contributed by atoms with van der Waals surface area (Å²) in [6, 6.07) is 6.24. The number of hydrogen-bond acceptors (Lipinski definition) is 3. The summed E-state index contributed by atoms with van der Waals surface area (Å²) in [6.45, 7) is 0. The highest BCUT2D eigenvalue weighted by molar-refractivity contribution is 6.03. The van der Waals surface area contributed by atoms with Crippen molar-refractivity contribution in [1.82, 2.24) is 4.98 Å². The van der Waals surface area contributed by atoms with Crippen LogP contribution in [0.5, 0.6) is 0 Å². The molecule has 1 aromatic heterocycles. The number of aromatic nitrogens is 1. The average Bonchev–Trinajstić information content (AvgIpc) is 2.27. The quantitative estimate of drug-likeness (QED) is 0.669. The molecule has 2 rings (SSSR count). The van der Waals surface area contributed by atoms with Crippen molar-refractivity contribution >= 4 is 16.9 Å². The lowest BCUT2D eigenvalue weighted by Crippen LogP contribution is -2.02. The van der Waals surface area contributed by atoms with Gasteiger partial charge in [-0.2, -0.15) is 0 Å². The van der Waals surface area contributed by atoms with E-state index in [1.54, 1.807) is 18.2 Å². The lowest BCUT2D eigenvalue weighted by Gasteiger charge is -2.03. The number of fused-ring (bicyclic) bond motifs is 1. The fraction of sp³-hybridized carbons (Fsp3) is 0.0909. The Kier molecular flexibility index (Phi) is 2.33. The molecule has 0 aliphatic heterocycles. The molecule has 0 fully saturated rings. The molecule has 0 spiro atoms. The molecule has 2 aromatic rings. The molecular formula is C11H8FNO2. The number of benzene rings is 1. The number of nitrogens with zero attached hydrogens (tertiary/aromatic N) is 1. The minimum Gasteiger partial charge on any atom is -0.465 e. The van der Waals surface area contributed by atoms with Crippen LogP contribution in [-0.4, -0.2) is 18.1 Å². The van der Waals surface area contributed by atoms with Gasteiger partial charge < -0.3 is 4.74 Å². The number of ether oxygens (including phenoxy) is 1. The van der Waals surface area contributed by atoms with Gasteiger partial charge in [-0.25, -0.2) is 9.18 Å². The first-order valence-corrected chi connectivity index (χ1v) is 4.35. The summed E-state index contributed by atoms with van der Waals surface area (Å²) >= 11 is 0. The fourth-order valence-electron chi connectivity index (χ4n) is 1.41. The summed E-state index contributed by atoms with van der Waals surface area (Å²) in [6.07, 6.45) is 1.11. The SMILES string of the molecule is COC(=O)c1cccc2ncc(F)cc12. The number of pyridine rings is 1. The maximum absolute atomic E-state index is 13.0. The van der Waals surface area contributed by atoms with E-state index in [9.17, 15) is 9.18 Å². The molecule has 1 heterocycles. The van der Waals surface area contributed by atoms with Crippen LogP contribution in [0.4, 0.5) is 4.39 Å². The Balaban J connectivity index is 2.74. The van der Waals surface area contributed by atoms with Gasteiger partial charge in [0.05, 0.1) is 24.4 Å². The van der Waals surface area contributed by atoms with Crippen molar-refractivity contribution in [1.29, 1.82) is 0 Å². The largest absolute Gasteiger partial charge is 0.465 e. The summed E-state index contributed by atoms with van der Waals surface area (Å²) < 4.78 is 17.6. The first-order valence-electron chi connectivity index (χ1n) is 4.35. The van der Waals surface area contributed by atoms with Crippen molar-refractivity contribution in [3.05, 3.63) is 41.8 Å². The average molecular weight is 205 g/mol. The first-order chi connectivity index (χ1) is 7.22. The Morgan fingerprint density at radius 3 is 3.00 bits per heavy atom. The third-order valence-corrected chi connectivity index (χ3v) is 2.10. The van der Waals surface area contributed by atoms with E-state index in [1.165, 1.54) is 13.2 Å². The predicted molar refractivity (Wildman–Crippen MR) is 53.0 cm³/mol. The molecule has 0 aliphatic rings. The van der Waals surface area contributed by atoms with Gasteiger partial charge in [0.15, 0.2) is 0 Å². The van der Waals surface area contributed by atoms with Gasteiger partial charge in [0.2, 0.25) is 0 Å². The van der Waals surface area contributed by atoms with Crippen molar-refractivity contribution < 1.29 is 13.9 Å². The number of hydrogen-bond donors (Lipinski definition) is 0. The maximum Gasteiger partial charge on any atom is 0.338 e. The van der Waals surface area contributed by atoms with E-state index in [4.69, 9.17) is 0 Å².